The molecule has 1 fully saturated rings. The van der Waals surface area contributed by atoms with Crippen LogP contribution in [0, 0.1) is 0 Å². The molecule has 150 valence electrons. The first-order valence-corrected chi connectivity index (χ1v) is 12.0. The average Bonchev–Trinajstić information content (AvgIpc) is 3.24. The number of allylic oxidation sites excluding steroid dienone is 1. The highest BCUT2D eigenvalue weighted by Crippen LogP contribution is 2.25. The number of carbonyl (C=O) groups is 1. The maximum atomic E-state index is 12.7. The van der Waals surface area contributed by atoms with Gasteiger partial charge in [0.05, 0.1) is 17.3 Å². The zero-order chi connectivity index (χ0) is 20.1. The number of hydrogen-bond donors (Lipinski definition) is 0. The van der Waals surface area contributed by atoms with Crippen molar-refractivity contribution in [2.75, 3.05) is 23.8 Å². The van der Waals surface area contributed by atoms with Gasteiger partial charge in [0.25, 0.3) is 0 Å². The number of thioether (sulfide) groups is 1. The number of aromatic nitrogens is 3. The minimum atomic E-state index is -3.03. The second kappa shape index (κ2) is 8.91. The summed E-state index contributed by atoms with van der Waals surface area (Å²) in [6, 6.07) is 9.51. The molecule has 1 atom stereocenters. The largest absolute Gasteiger partial charge is 0.338 e. The summed E-state index contributed by atoms with van der Waals surface area (Å²) in [6.07, 6.45) is 2.28. The molecule has 0 radical (unpaired) electrons. The molecule has 1 amide bonds. The highest BCUT2D eigenvalue weighted by Gasteiger charge is 2.33. The summed E-state index contributed by atoms with van der Waals surface area (Å²) >= 11 is 1.31. The van der Waals surface area contributed by atoms with E-state index in [9.17, 15) is 13.2 Å². The maximum absolute atomic E-state index is 12.7. The van der Waals surface area contributed by atoms with Crippen LogP contribution in [0.25, 0.3) is 11.4 Å². The minimum Gasteiger partial charge on any atom is -0.338 e. The lowest BCUT2D eigenvalue weighted by Crippen LogP contribution is -2.42. The van der Waals surface area contributed by atoms with Crippen molar-refractivity contribution in [3.05, 3.63) is 43.0 Å². The first-order valence-electron chi connectivity index (χ1n) is 9.17. The smallest absolute Gasteiger partial charge is 0.233 e. The van der Waals surface area contributed by atoms with Gasteiger partial charge in [0.2, 0.25) is 5.91 Å². The van der Waals surface area contributed by atoms with Gasteiger partial charge in [-0.15, -0.1) is 16.8 Å². The van der Waals surface area contributed by atoms with E-state index in [-0.39, 0.29) is 29.2 Å². The quantitative estimate of drug-likeness (QED) is 0.481. The third-order valence-corrected chi connectivity index (χ3v) is 7.40. The van der Waals surface area contributed by atoms with E-state index < -0.39 is 9.84 Å². The number of benzene rings is 1. The number of amides is 1. The van der Waals surface area contributed by atoms with Crippen molar-refractivity contribution >= 4 is 27.5 Å². The van der Waals surface area contributed by atoms with Crippen molar-refractivity contribution in [2.24, 2.45) is 0 Å². The van der Waals surface area contributed by atoms with Gasteiger partial charge >= 0.3 is 0 Å². The number of rotatable bonds is 8. The molecule has 0 unspecified atom stereocenters. The van der Waals surface area contributed by atoms with Crippen LogP contribution in [-0.4, -0.2) is 63.8 Å². The van der Waals surface area contributed by atoms with Gasteiger partial charge in [-0.2, -0.15) is 0 Å². The standard InChI is InChI=1S/C19H24N4O3S2/c1-3-11-23-18(15-8-6-5-7-9-15)20-21-19(23)27-13-17(24)22(4-2)16-10-12-28(25,26)14-16/h3,5-9,16H,1,4,10-14H2,2H3/t16-/m0/s1. The van der Waals surface area contributed by atoms with E-state index in [0.29, 0.717) is 24.7 Å². The van der Waals surface area contributed by atoms with E-state index >= 15 is 0 Å². The lowest BCUT2D eigenvalue weighted by Gasteiger charge is -2.26. The molecular formula is C19H24N4O3S2. The molecular weight excluding hydrogens is 396 g/mol. The first-order chi connectivity index (χ1) is 13.4. The fraction of sp³-hybridized carbons (Fsp3) is 0.421. The van der Waals surface area contributed by atoms with E-state index in [1.807, 2.05) is 41.8 Å². The average molecular weight is 421 g/mol. The van der Waals surface area contributed by atoms with Crippen molar-refractivity contribution in [2.45, 2.75) is 31.1 Å². The minimum absolute atomic E-state index is 0.0576. The number of nitrogens with zero attached hydrogens (tertiary/aromatic N) is 4. The van der Waals surface area contributed by atoms with E-state index in [2.05, 4.69) is 16.8 Å². The molecule has 1 aromatic heterocycles. The van der Waals surface area contributed by atoms with Crippen LogP contribution in [0.15, 0.2) is 48.1 Å². The first kappa shape index (κ1) is 20.6. The number of sulfone groups is 1. The molecule has 0 saturated carbocycles. The van der Waals surface area contributed by atoms with Crippen molar-refractivity contribution in [3.63, 3.8) is 0 Å². The van der Waals surface area contributed by atoms with Crippen LogP contribution in [0.4, 0.5) is 0 Å². The zero-order valence-corrected chi connectivity index (χ0v) is 17.5. The molecule has 1 aromatic carbocycles. The molecule has 1 aliphatic heterocycles. The monoisotopic (exact) mass is 420 g/mol. The predicted octanol–water partition coefficient (Wildman–Crippen LogP) is 2.26. The molecule has 9 heteroatoms. The fourth-order valence-corrected chi connectivity index (χ4v) is 5.92. The Labute approximate surface area is 169 Å². The molecule has 0 bridgehead atoms. The van der Waals surface area contributed by atoms with Crippen LogP contribution in [0.3, 0.4) is 0 Å². The van der Waals surface area contributed by atoms with E-state index in [1.165, 1.54) is 11.8 Å². The number of carbonyl (C=O) groups excluding carboxylic acids is 1. The molecule has 3 rings (SSSR count). The van der Waals surface area contributed by atoms with Gasteiger partial charge in [-0.1, -0.05) is 48.2 Å². The van der Waals surface area contributed by atoms with Gasteiger partial charge in [0.15, 0.2) is 20.8 Å². The van der Waals surface area contributed by atoms with Crippen LogP contribution in [0.1, 0.15) is 13.3 Å². The third-order valence-electron chi connectivity index (χ3n) is 4.70. The van der Waals surface area contributed by atoms with Crippen LogP contribution in [0.5, 0.6) is 0 Å². The summed E-state index contributed by atoms with van der Waals surface area (Å²) in [7, 11) is -3.03. The van der Waals surface area contributed by atoms with Gasteiger partial charge in [0.1, 0.15) is 0 Å². The number of hydrogen-bond acceptors (Lipinski definition) is 6. The highest BCUT2D eigenvalue weighted by molar-refractivity contribution is 7.99. The second-order valence-corrected chi connectivity index (χ2v) is 9.77. The molecule has 2 aromatic rings. The van der Waals surface area contributed by atoms with Crippen LogP contribution in [0.2, 0.25) is 0 Å². The normalized spacial score (nSPS) is 18.1. The van der Waals surface area contributed by atoms with Crippen LogP contribution in [-0.2, 0) is 21.2 Å². The Kier molecular flexibility index (Phi) is 6.56. The molecule has 1 saturated heterocycles. The van der Waals surface area contributed by atoms with Gasteiger partial charge < -0.3 is 4.90 Å². The Morgan fingerprint density at radius 1 is 1.36 bits per heavy atom. The van der Waals surface area contributed by atoms with Gasteiger partial charge in [-0.05, 0) is 13.3 Å². The molecule has 0 aliphatic carbocycles. The Morgan fingerprint density at radius 3 is 2.71 bits per heavy atom. The lowest BCUT2D eigenvalue weighted by molar-refractivity contribution is -0.129. The summed E-state index contributed by atoms with van der Waals surface area (Å²) in [6.45, 7) is 6.70. The topological polar surface area (TPSA) is 85.2 Å². The van der Waals surface area contributed by atoms with E-state index in [4.69, 9.17) is 0 Å². The van der Waals surface area contributed by atoms with E-state index in [0.717, 1.165) is 11.4 Å². The summed E-state index contributed by atoms with van der Waals surface area (Å²) in [4.78, 5) is 14.4. The summed E-state index contributed by atoms with van der Waals surface area (Å²) in [5.74, 6) is 1.05. The van der Waals surface area contributed by atoms with Gasteiger partial charge in [-0.3, -0.25) is 9.36 Å². The summed E-state index contributed by atoms with van der Waals surface area (Å²) in [5, 5.41) is 9.18. The molecule has 1 aliphatic rings. The van der Waals surface area contributed by atoms with Crippen molar-refractivity contribution in [3.8, 4) is 11.4 Å². The Balaban J connectivity index is 1.72. The predicted molar refractivity (Wildman–Crippen MR) is 111 cm³/mol. The van der Waals surface area contributed by atoms with Crippen molar-refractivity contribution in [1.29, 1.82) is 0 Å². The van der Waals surface area contributed by atoms with Gasteiger partial charge in [-0.25, -0.2) is 8.42 Å². The molecule has 0 N–H and O–H groups in total. The van der Waals surface area contributed by atoms with Crippen LogP contribution < -0.4 is 0 Å². The van der Waals surface area contributed by atoms with Gasteiger partial charge in [0, 0.05) is 24.7 Å². The molecule has 7 nitrogen and oxygen atoms in total. The Morgan fingerprint density at radius 2 is 2.11 bits per heavy atom. The van der Waals surface area contributed by atoms with Crippen molar-refractivity contribution in [1.82, 2.24) is 19.7 Å². The summed E-state index contributed by atoms with van der Waals surface area (Å²) < 4.78 is 25.4. The Bertz CT molecular complexity index is 941. The molecule has 28 heavy (non-hydrogen) atoms. The van der Waals surface area contributed by atoms with Crippen molar-refractivity contribution < 1.29 is 13.2 Å². The second-order valence-electron chi connectivity index (χ2n) is 6.60. The summed E-state index contributed by atoms with van der Waals surface area (Å²) in [5.41, 5.74) is 0.946. The molecule has 2 heterocycles. The maximum Gasteiger partial charge on any atom is 0.233 e. The Hall–Kier alpha value is -2.13. The highest BCUT2D eigenvalue weighted by atomic mass is 32.2. The van der Waals surface area contributed by atoms with E-state index in [1.54, 1.807) is 11.0 Å². The van der Waals surface area contributed by atoms with Crippen LogP contribution >= 0.6 is 11.8 Å². The third kappa shape index (κ3) is 4.64. The zero-order valence-electron chi connectivity index (χ0n) is 15.8. The molecule has 0 spiro atoms. The fourth-order valence-electron chi connectivity index (χ4n) is 3.36. The SMILES string of the molecule is C=CCn1c(SCC(=O)N(CC)[C@H]2CCS(=O)(=O)C2)nnc1-c1ccccc1. The lowest BCUT2D eigenvalue weighted by atomic mass is 10.2.